The molecule has 1 amide bonds. The molecular formula is C15H20N2O3. The van der Waals surface area contributed by atoms with Crippen LogP contribution in [0.5, 0.6) is 11.5 Å². The van der Waals surface area contributed by atoms with E-state index in [1.807, 2.05) is 36.1 Å². The predicted octanol–water partition coefficient (Wildman–Crippen LogP) is 1.34. The molecule has 3 rings (SSSR count). The topological polar surface area (TPSA) is 42.0 Å². The Kier molecular flexibility index (Phi) is 3.30. The number of piperazine rings is 1. The quantitative estimate of drug-likeness (QED) is 0.817. The molecule has 1 saturated heterocycles. The summed E-state index contributed by atoms with van der Waals surface area (Å²) >= 11 is 0. The van der Waals surface area contributed by atoms with Gasteiger partial charge in [0.1, 0.15) is 6.42 Å². The summed E-state index contributed by atoms with van der Waals surface area (Å²) in [5.41, 5.74) is 0. The fourth-order valence-corrected chi connectivity index (χ4v) is 2.62. The van der Waals surface area contributed by atoms with E-state index in [-0.39, 0.29) is 12.3 Å². The van der Waals surface area contributed by atoms with Crippen molar-refractivity contribution in [2.75, 3.05) is 33.2 Å². The van der Waals surface area contributed by atoms with Gasteiger partial charge < -0.3 is 19.3 Å². The first-order valence-corrected chi connectivity index (χ1v) is 6.99. The van der Waals surface area contributed by atoms with E-state index in [9.17, 15) is 4.79 Å². The second kappa shape index (κ2) is 4.98. The van der Waals surface area contributed by atoms with Crippen LogP contribution in [0.2, 0.25) is 0 Å². The van der Waals surface area contributed by atoms with Crippen LogP contribution < -0.4 is 9.47 Å². The van der Waals surface area contributed by atoms with Gasteiger partial charge in [-0.05, 0) is 19.2 Å². The number of rotatable bonds is 2. The Morgan fingerprint density at radius 3 is 2.25 bits per heavy atom. The maximum Gasteiger partial charge on any atom is 0.257 e. The maximum atomic E-state index is 12.4. The second-order valence-electron chi connectivity index (χ2n) is 5.65. The van der Waals surface area contributed by atoms with Crippen LogP contribution in [0.25, 0.3) is 0 Å². The number of amides is 1. The number of fused-ring (bicyclic) bond motifs is 1. The molecule has 0 aliphatic carbocycles. The molecule has 0 saturated carbocycles. The molecule has 5 heteroatoms. The molecule has 20 heavy (non-hydrogen) atoms. The summed E-state index contributed by atoms with van der Waals surface area (Å²) in [5.74, 6) is 0.625. The first-order valence-electron chi connectivity index (χ1n) is 6.99. The number of carbonyl (C=O) groups excluding carboxylic acids is 1. The van der Waals surface area contributed by atoms with Crippen LogP contribution in [0.15, 0.2) is 24.3 Å². The Labute approximate surface area is 119 Å². The van der Waals surface area contributed by atoms with Crippen molar-refractivity contribution >= 4 is 5.91 Å². The molecule has 1 fully saturated rings. The van der Waals surface area contributed by atoms with Crippen LogP contribution in [0.3, 0.4) is 0 Å². The highest BCUT2D eigenvalue weighted by atomic mass is 16.7. The van der Waals surface area contributed by atoms with Crippen molar-refractivity contribution in [3.05, 3.63) is 24.3 Å². The molecule has 0 radical (unpaired) electrons. The van der Waals surface area contributed by atoms with Crippen LogP contribution in [-0.4, -0.2) is 54.7 Å². The molecule has 0 aromatic heterocycles. The molecule has 5 nitrogen and oxygen atoms in total. The molecule has 0 N–H and O–H groups in total. The molecule has 2 heterocycles. The number of likely N-dealkylation sites (N-methyl/N-ethyl adjacent to an activating group) is 1. The first kappa shape index (κ1) is 13.2. The number of ether oxygens (including phenoxy) is 2. The van der Waals surface area contributed by atoms with E-state index in [0.29, 0.717) is 11.5 Å². The van der Waals surface area contributed by atoms with Crippen molar-refractivity contribution in [1.82, 2.24) is 9.80 Å². The SMILES string of the molecule is CN1CCN(C(=O)CC2(C)Oc3ccccc3O2)CC1. The van der Waals surface area contributed by atoms with Gasteiger partial charge in [0.25, 0.3) is 5.79 Å². The largest absolute Gasteiger partial charge is 0.448 e. The van der Waals surface area contributed by atoms with Gasteiger partial charge in [-0.25, -0.2) is 0 Å². The standard InChI is InChI=1S/C15H20N2O3/c1-15(19-12-5-3-4-6-13(12)20-15)11-14(18)17-9-7-16(2)8-10-17/h3-6H,7-11H2,1-2H3. The molecule has 1 aromatic carbocycles. The number of nitrogens with zero attached hydrogens (tertiary/aromatic N) is 2. The normalized spacial score (nSPS) is 21.0. The lowest BCUT2D eigenvalue weighted by Gasteiger charge is -2.34. The Hall–Kier alpha value is -1.75. The molecule has 0 unspecified atom stereocenters. The lowest BCUT2D eigenvalue weighted by Crippen LogP contribution is -2.50. The summed E-state index contributed by atoms with van der Waals surface area (Å²) in [5, 5.41) is 0. The van der Waals surface area contributed by atoms with E-state index in [0.717, 1.165) is 26.2 Å². The lowest BCUT2D eigenvalue weighted by molar-refractivity contribution is -0.145. The van der Waals surface area contributed by atoms with E-state index < -0.39 is 5.79 Å². The van der Waals surface area contributed by atoms with Crippen LogP contribution in [-0.2, 0) is 4.79 Å². The van der Waals surface area contributed by atoms with Crippen LogP contribution in [0.1, 0.15) is 13.3 Å². The Morgan fingerprint density at radius 1 is 1.15 bits per heavy atom. The minimum atomic E-state index is -0.885. The monoisotopic (exact) mass is 276 g/mol. The predicted molar refractivity (Wildman–Crippen MR) is 74.8 cm³/mol. The lowest BCUT2D eigenvalue weighted by atomic mass is 10.2. The number of benzene rings is 1. The summed E-state index contributed by atoms with van der Waals surface area (Å²) in [4.78, 5) is 16.5. The second-order valence-corrected chi connectivity index (χ2v) is 5.65. The smallest absolute Gasteiger partial charge is 0.257 e. The van der Waals surface area contributed by atoms with Gasteiger partial charge in [0.05, 0.1) is 0 Å². The van der Waals surface area contributed by atoms with Crippen molar-refractivity contribution < 1.29 is 14.3 Å². The highest BCUT2D eigenvalue weighted by Crippen LogP contribution is 2.40. The van der Waals surface area contributed by atoms with Crippen molar-refractivity contribution in [2.24, 2.45) is 0 Å². The molecule has 1 aromatic rings. The van der Waals surface area contributed by atoms with Gasteiger partial charge in [-0.3, -0.25) is 4.79 Å². The zero-order valence-corrected chi connectivity index (χ0v) is 12.0. The molecule has 0 bridgehead atoms. The highest BCUT2D eigenvalue weighted by Gasteiger charge is 2.40. The van der Waals surface area contributed by atoms with Crippen LogP contribution in [0.4, 0.5) is 0 Å². The van der Waals surface area contributed by atoms with Gasteiger partial charge >= 0.3 is 0 Å². The van der Waals surface area contributed by atoms with Gasteiger partial charge in [-0.1, -0.05) is 12.1 Å². The molecule has 2 aliphatic rings. The zero-order chi connectivity index (χ0) is 14.2. The Balaban J connectivity index is 1.62. The van der Waals surface area contributed by atoms with E-state index >= 15 is 0 Å². The summed E-state index contributed by atoms with van der Waals surface area (Å²) in [7, 11) is 2.07. The van der Waals surface area contributed by atoms with E-state index in [4.69, 9.17) is 9.47 Å². The third-order valence-corrected chi connectivity index (χ3v) is 3.83. The van der Waals surface area contributed by atoms with Crippen LogP contribution >= 0.6 is 0 Å². The van der Waals surface area contributed by atoms with Gasteiger partial charge in [0.2, 0.25) is 5.91 Å². The average molecular weight is 276 g/mol. The number of hydrogen-bond donors (Lipinski definition) is 0. The van der Waals surface area contributed by atoms with Crippen molar-refractivity contribution in [2.45, 2.75) is 19.1 Å². The fraction of sp³-hybridized carbons (Fsp3) is 0.533. The van der Waals surface area contributed by atoms with Gasteiger partial charge in [0.15, 0.2) is 11.5 Å². The first-order chi connectivity index (χ1) is 9.56. The maximum absolute atomic E-state index is 12.4. The zero-order valence-electron chi connectivity index (χ0n) is 12.0. The fourth-order valence-electron chi connectivity index (χ4n) is 2.62. The molecule has 2 aliphatic heterocycles. The summed E-state index contributed by atoms with van der Waals surface area (Å²) in [6.45, 7) is 5.21. The van der Waals surface area contributed by atoms with E-state index in [2.05, 4.69) is 11.9 Å². The van der Waals surface area contributed by atoms with Crippen LogP contribution in [0, 0.1) is 0 Å². The number of hydrogen-bond acceptors (Lipinski definition) is 4. The van der Waals surface area contributed by atoms with Gasteiger partial charge in [-0.2, -0.15) is 0 Å². The van der Waals surface area contributed by atoms with E-state index in [1.165, 1.54) is 0 Å². The Morgan fingerprint density at radius 2 is 1.70 bits per heavy atom. The molecule has 0 atom stereocenters. The molecule has 108 valence electrons. The average Bonchev–Trinajstić information content (AvgIpc) is 2.75. The van der Waals surface area contributed by atoms with Crippen molar-refractivity contribution in [3.8, 4) is 11.5 Å². The number of carbonyl (C=O) groups is 1. The molecular weight excluding hydrogens is 256 g/mol. The summed E-state index contributed by atoms with van der Waals surface area (Å²) < 4.78 is 11.6. The highest BCUT2D eigenvalue weighted by molar-refractivity contribution is 5.77. The minimum Gasteiger partial charge on any atom is -0.448 e. The number of para-hydroxylation sites is 2. The van der Waals surface area contributed by atoms with E-state index in [1.54, 1.807) is 0 Å². The third kappa shape index (κ3) is 2.58. The summed E-state index contributed by atoms with van der Waals surface area (Å²) in [6, 6.07) is 7.52. The summed E-state index contributed by atoms with van der Waals surface area (Å²) in [6.07, 6.45) is 0.241. The third-order valence-electron chi connectivity index (χ3n) is 3.83. The Bertz CT molecular complexity index is 485. The van der Waals surface area contributed by atoms with Crippen molar-refractivity contribution in [3.63, 3.8) is 0 Å². The van der Waals surface area contributed by atoms with Gasteiger partial charge in [-0.15, -0.1) is 0 Å². The van der Waals surface area contributed by atoms with Gasteiger partial charge in [0, 0.05) is 33.1 Å². The minimum absolute atomic E-state index is 0.0911. The molecule has 0 spiro atoms. The van der Waals surface area contributed by atoms with Crippen molar-refractivity contribution in [1.29, 1.82) is 0 Å².